The molecule has 0 heterocycles. The molecule has 0 amide bonds. The lowest BCUT2D eigenvalue weighted by molar-refractivity contribution is -0.138. The van der Waals surface area contributed by atoms with Crippen LogP contribution in [0.2, 0.25) is 0 Å². The monoisotopic (exact) mass is 502 g/mol. The molecule has 0 radical (unpaired) electrons. The molecule has 35 heavy (non-hydrogen) atoms. The van der Waals surface area contributed by atoms with E-state index in [2.05, 4.69) is 0 Å². The van der Waals surface area contributed by atoms with Crippen molar-refractivity contribution in [1.82, 2.24) is 0 Å². The topological polar surface area (TPSA) is 52.6 Å². The van der Waals surface area contributed by atoms with Crippen LogP contribution < -0.4 is 0 Å². The molecule has 0 aliphatic carbocycles. The zero-order chi connectivity index (χ0) is 26.0. The average molecular weight is 503 g/mol. The van der Waals surface area contributed by atoms with Crippen LogP contribution in [0.3, 0.4) is 0 Å². The second-order valence-electron chi connectivity index (χ2n) is 7.72. The van der Waals surface area contributed by atoms with E-state index < -0.39 is 23.6 Å². The van der Waals surface area contributed by atoms with Crippen LogP contribution >= 0.6 is 11.6 Å². The minimum Gasteiger partial charge on any atom is -0.466 e. The van der Waals surface area contributed by atoms with Gasteiger partial charge in [-0.2, -0.15) is 0 Å². The van der Waals surface area contributed by atoms with E-state index in [0.29, 0.717) is 40.1 Å². The normalized spacial score (nSPS) is 13.1. The van der Waals surface area contributed by atoms with Crippen molar-refractivity contribution in [2.45, 2.75) is 39.5 Å². The van der Waals surface area contributed by atoms with E-state index in [-0.39, 0.29) is 5.57 Å². The summed E-state index contributed by atoms with van der Waals surface area (Å²) in [6, 6.07) is 11.3. The molecule has 0 saturated carbocycles. The number of halogens is 3. The Morgan fingerprint density at radius 3 is 1.71 bits per heavy atom. The largest absolute Gasteiger partial charge is 0.466 e. The fraction of sp³-hybridized carbons (Fsp3) is 0.286. The third-order valence-corrected chi connectivity index (χ3v) is 5.67. The van der Waals surface area contributed by atoms with Gasteiger partial charge in [0.2, 0.25) is 0 Å². The van der Waals surface area contributed by atoms with Gasteiger partial charge in [-0.05, 0) is 59.4 Å². The van der Waals surface area contributed by atoms with E-state index in [1.165, 1.54) is 50.6 Å². The van der Waals surface area contributed by atoms with Crippen LogP contribution in [0.25, 0.3) is 11.1 Å². The lowest BCUT2D eigenvalue weighted by atomic mass is 9.83. The highest BCUT2D eigenvalue weighted by Crippen LogP contribution is 2.41. The van der Waals surface area contributed by atoms with Crippen molar-refractivity contribution in [3.63, 3.8) is 0 Å². The molecule has 2 aromatic carbocycles. The lowest BCUT2D eigenvalue weighted by Crippen LogP contribution is -2.12. The molecule has 0 spiro atoms. The van der Waals surface area contributed by atoms with Crippen molar-refractivity contribution in [3.05, 3.63) is 93.5 Å². The number of rotatable bonds is 10. The predicted molar refractivity (Wildman–Crippen MR) is 134 cm³/mol. The highest BCUT2D eigenvalue weighted by Gasteiger charge is 2.26. The Morgan fingerprint density at radius 2 is 1.29 bits per heavy atom. The second-order valence-corrected chi connectivity index (χ2v) is 8.18. The van der Waals surface area contributed by atoms with Gasteiger partial charge in [-0.25, -0.2) is 18.4 Å². The van der Waals surface area contributed by atoms with Crippen LogP contribution in [0.4, 0.5) is 8.78 Å². The molecule has 7 heteroatoms. The van der Waals surface area contributed by atoms with E-state index in [0.717, 1.165) is 24.5 Å². The third kappa shape index (κ3) is 7.36. The first kappa shape index (κ1) is 28.0. The zero-order valence-electron chi connectivity index (χ0n) is 20.3. The van der Waals surface area contributed by atoms with Crippen LogP contribution in [-0.4, -0.2) is 26.2 Å². The summed E-state index contributed by atoms with van der Waals surface area (Å²) < 4.78 is 37.5. The molecule has 4 nitrogen and oxygen atoms in total. The SMILES string of the molecule is CCC/C(Cl)=C(CCC)/C(=C(\C(=C\C(=O)OC)C(=O)OC)c1ccc(F)cc1)c1ccc(F)cc1. The summed E-state index contributed by atoms with van der Waals surface area (Å²) in [4.78, 5) is 25.3. The second kappa shape index (κ2) is 13.6. The van der Waals surface area contributed by atoms with Crippen LogP contribution in [0, 0.1) is 11.6 Å². The van der Waals surface area contributed by atoms with Gasteiger partial charge in [0.1, 0.15) is 11.6 Å². The van der Waals surface area contributed by atoms with Crippen molar-refractivity contribution in [2.75, 3.05) is 14.2 Å². The molecule has 0 N–H and O–H groups in total. The van der Waals surface area contributed by atoms with Gasteiger partial charge in [-0.15, -0.1) is 0 Å². The first-order valence-electron chi connectivity index (χ1n) is 11.3. The number of methoxy groups -OCH3 is 2. The van der Waals surface area contributed by atoms with Gasteiger partial charge in [0.15, 0.2) is 0 Å². The first-order valence-corrected chi connectivity index (χ1v) is 11.7. The van der Waals surface area contributed by atoms with Crippen LogP contribution in [0.1, 0.15) is 50.7 Å². The molecule has 0 atom stereocenters. The van der Waals surface area contributed by atoms with Gasteiger partial charge in [0.05, 0.1) is 19.8 Å². The van der Waals surface area contributed by atoms with Crippen molar-refractivity contribution in [3.8, 4) is 0 Å². The summed E-state index contributed by atoms with van der Waals surface area (Å²) in [6.45, 7) is 3.98. The summed E-state index contributed by atoms with van der Waals surface area (Å²) in [6.07, 6.45) is 3.65. The zero-order valence-corrected chi connectivity index (χ0v) is 21.0. The first-order chi connectivity index (χ1) is 16.8. The van der Waals surface area contributed by atoms with E-state index >= 15 is 0 Å². The van der Waals surface area contributed by atoms with Gasteiger partial charge < -0.3 is 9.47 Å². The smallest absolute Gasteiger partial charge is 0.338 e. The molecular weight excluding hydrogens is 474 g/mol. The Bertz CT molecular complexity index is 1130. The van der Waals surface area contributed by atoms with E-state index in [1.807, 2.05) is 13.8 Å². The molecule has 2 aromatic rings. The quantitative estimate of drug-likeness (QED) is 0.149. The fourth-order valence-electron chi connectivity index (χ4n) is 3.67. The Kier molecular flexibility index (Phi) is 10.9. The number of hydrogen-bond acceptors (Lipinski definition) is 4. The van der Waals surface area contributed by atoms with E-state index in [4.69, 9.17) is 21.1 Å². The highest BCUT2D eigenvalue weighted by molar-refractivity contribution is 6.31. The molecule has 0 aromatic heterocycles. The minimum absolute atomic E-state index is 0.0974. The molecule has 0 saturated heterocycles. The van der Waals surface area contributed by atoms with Crippen LogP contribution in [0.5, 0.6) is 0 Å². The summed E-state index contributed by atoms with van der Waals surface area (Å²) in [5.74, 6) is -2.47. The maximum Gasteiger partial charge on any atom is 0.338 e. The molecule has 0 fully saturated rings. The number of benzene rings is 2. The number of esters is 2. The molecular formula is C28H29ClF2O4. The number of carbonyl (C=O) groups excluding carboxylic acids is 2. The number of allylic oxidation sites excluding steroid dienone is 3. The Morgan fingerprint density at radius 1 is 0.800 bits per heavy atom. The maximum atomic E-state index is 13.9. The van der Waals surface area contributed by atoms with E-state index in [1.54, 1.807) is 12.1 Å². The minimum atomic E-state index is -0.795. The molecule has 0 bridgehead atoms. The van der Waals surface area contributed by atoms with Crippen LogP contribution in [-0.2, 0) is 19.1 Å². The summed E-state index contributed by atoms with van der Waals surface area (Å²) in [5.41, 5.74) is 2.48. The highest BCUT2D eigenvalue weighted by atomic mass is 35.5. The Labute approximate surface area is 209 Å². The van der Waals surface area contributed by atoms with Gasteiger partial charge in [-0.1, -0.05) is 62.6 Å². The summed E-state index contributed by atoms with van der Waals surface area (Å²) in [5, 5.41) is 0.579. The standard InChI is InChI=1S/C28H29ClF2O4/c1-5-7-22(24(29)8-6-2)26(18-9-13-20(30)14-10-18)27(19-11-15-21(31)16-12-19)23(28(33)35-4)17-25(32)34-3/h9-17H,5-8H2,1-4H3/b23-17-,24-22-,27-26-. The van der Waals surface area contributed by atoms with Gasteiger partial charge in [0.25, 0.3) is 0 Å². The lowest BCUT2D eigenvalue weighted by Gasteiger charge is -2.22. The summed E-state index contributed by atoms with van der Waals surface area (Å²) in [7, 11) is 2.39. The maximum absolute atomic E-state index is 13.9. The molecule has 0 unspecified atom stereocenters. The number of carbonyl (C=O) groups is 2. The fourth-order valence-corrected chi connectivity index (χ4v) is 4.05. The molecule has 186 valence electrons. The van der Waals surface area contributed by atoms with Gasteiger partial charge in [0, 0.05) is 16.7 Å². The van der Waals surface area contributed by atoms with Crippen molar-refractivity contribution < 1.29 is 27.8 Å². The molecule has 2 rings (SSSR count). The van der Waals surface area contributed by atoms with Gasteiger partial charge >= 0.3 is 11.9 Å². The van der Waals surface area contributed by atoms with Crippen molar-refractivity contribution in [2.24, 2.45) is 0 Å². The molecule has 0 aliphatic rings. The predicted octanol–water partition coefficient (Wildman–Crippen LogP) is 7.24. The number of ether oxygens (including phenoxy) is 2. The van der Waals surface area contributed by atoms with Crippen molar-refractivity contribution in [1.29, 1.82) is 0 Å². The van der Waals surface area contributed by atoms with E-state index in [9.17, 15) is 18.4 Å². The Hall–Kier alpha value is -3.25. The Balaban J connectivity index is 3.16. The number of hydrogen-bond donors (Lipinski definition) is 0. The summed E-state index contributed by atoms with van der Waals surface area (Å²) >= 11 is 6.79. The third-order valence-electron chi connectivity index (χ3n) is 5.25. The molecule has 0 aliphatic heterocycles. The average Bonchev–Trinajstić information content (AvgIpc) is 2.86. The van der Waals surface area contributed by atoms with Crippen molar-refractivity contribution >= 4 is 34.7 Å². The van der Waals surface area contributed by atoms with Gasteiger partial charge in [-0.3, -0.25) is 0 Å². The van der Waals surface area contributed by atoms with Crippen LogP contribution in [0.15, 0.2) is 70.8 Å².